The van der Waals surface area contributed by atoms with Crippen LogP contribution in [0.1, 0.15) is 44.1 Å². The fourth-order valence-electron chi connectivity index (χ4n) is 2.61. The molecule has 0 atom stereocenters. The SMILES string of the molecule is Cn1cc(CNCCCC2CCCC2)cn1. The van der Waals surface area contributed by atoms with Gasteiger partial charge in [-0.25, -0.2) is 0 Å². The third-order valence-electron chi connectivity index (χ3n) is 3.53. The number of nitrogens with zero attached hydrogens (tertiary/aromatic N) is 2. The molecule has 0 aliphatic heterocycles. The van der Waals surface area contributed by atoms with Crippen molar-refractivity contribution in [3.8, 4) is 0 Å². The van der Waals surface area contributed by atoms with E-state index in [0.29, 0.717) is 0 Å². The van der Waals surface area contributed by atoms with Crippen LogP contribution in [0.25, 0.3) is 0 Å². The topological polar surface area (TPSA) is 29.9 Å². The predicted octanol–water partition coefficient (Wildman–Crippen LogP) is 2.48. The summed E-state index contributed by atoms with van der Waals surface area (Å²) < 4.78 is 1.86. The Balaban J connectivity index is 1.51. The van der Waals surface area contributed by atoms with Crippen molar-refractivity contribution in [2.24, 2.45) is 13.0 Å². The zero-order valence-corrected chi connectivity index (χ0v) is 10.3. The third-order valence-corrected chi connectivity index (χ3v) is 3.53. The van der Waals surface area contributed by atoms with Crippen LogP contribution in [0.5, 0.6) is 0 Å². The summed E-state index contributed by atoms with van der Waals surface area (Å²) in [6.07, 6.45) is 12.6. The fraction of sp³-hybridized carbons (Fsp3) is 0.769. The number of hydrogen-bond donors (Lipinski definition) is 1. The van der Waals surface area contributed by atoms with Crippen LogP contribution in [-0.4, -0.2) is 16.3 Å². The maximum absolute atomic E-state index is 4.16. The molecule has 1 saturated carbocycles. The van der Waals surface area contributed by atoms with Crippen molar-refractivity contribution in [3.63, 3.8) is 0 Å². The molecule has 0 bridgehead atoms. The molecule has 0 saturated heterocycles. The highest BCUT2D eigenvalue weighted by atomic mass is 15.2. The molecule has 3 heteroatoms. The van der Waals surface area contributed by atoms with Crippen LogP contribution >= 0.6 is 0 Å². The molecule has 1 aliphatic rings. The van der Waals surface area contributed by atoms with Crippen molar-refractivity contribution < 1.29 is 0 Å². The molecule has 1 heterocycles. The summed E-state index contributed by atoms with van der Waals surface area (Å²) in [7, 11) is 1.96. The number of aromatic nitrogens is 2. The molecular weight excluding hydrogens is 198 g/mol. The average Bonchev–Trinajstić information content (AvgIpc) is 2.89. The molecule has 1 N–H and O–H groups in total. The van der Waals surface area contributed by atoms with E-state index in [1.165, 1.54) is 44.1 Å². The Morgan fingerprint density at radius 3 is 2.94 bits per heavy atom. The van der Waals surface area contributed by atoms with Crippen LogP contribution in [0.3, 0.4) is 0 Å². The van der Waals surface area contributed by atoms with E-state index < -0.39 is 0 Å². The normalized spacial score (nSPS) is 17.1. The number of nitrogens with one attached hydrogen (secondary N) is 1. The highest BCUT2D eigenvalue weighted by Crippen LogP contribution is 2.28. The van der Waals surface area contributed by atoms with Crippen molar-refractivity contribution in [2.75, 3.05) is 6.54 Å². The van der Waals surface area contributed by atoms with Crippen LogP contribution in [0, 0.1) is 5.92 Å². The lowest BCUT2D eigenvalue weighted by Crippen LogP contribution is -2.15. The molecule has 1 aromatic heterocycles. The van der Waals surface area contributed by atoms with Gasteiger partial charge >= 0.3 is 0 Å². The van der Waals surface area contributed by atoms with E-state index in [9.17, 15) is 0 Å². The first-order chi connectivity index (χ1) is 7.84. The molecule has 1 aromatic rings. The second kappa shape index (κ2) is 6.04. The van der Waals surface area contributed by atoms with E-state index in [1.54, 1.807) is 0 Å². The van der Waals surface area contributed by atoms with Gasteiger partial charge in [0.1, 0.15) is 0 Å². The molecule has 1 fully saturated rings. The molecule has 90 valence electrons. The zero-order chi connectivity index (χ0) is 11.2. The Bertz CT molecular complexity index is 300. The Labute approximate surface area is 98.2 Å². The van der Waals surface area contributed by atoms with Gasteiger partial charge in [0.25, 0.3) is 0 Å². The van der Waals surface area contributed by atoms with Gasteiger partial charge in [0, 0.05) is 25.4 Å². The van der Waals surface area contributed by atoms with Crippen LogP contribution in [0.2, 0.25) is 0 Å². The minimum Gasteiger partial charge on any atom is -0.313 e. The molecule has 2 rings (SSSR count). The highest BCUT2D eigenvalue weighted by Gasteiger charge is 2.13. The Kier molecular flexibility index (Phi) is 4.40. The van der Waals surface area contributed by atoms with Gasteiger partial charge in [-0.3, -0.25) is 4.68 Å². The monoisotopic (exact) mass is 221 g/mol. The summed E-state index contributed by atoms with van der Waals surface area (Å²) in [5.74, 6) is 1.03. The molecule has 0 amide bonds. The lowest BCUT2D eigenvalue weighted by molar-refractivity contribution is 0.470. The minimum absolute atomic E-state index is 0.957. The van der Waals surface area contributed by atoms with Gasteiger partial charge in [-0.2, -0.15) is 5.10 Å². The Morgan fingerprint density at radius 1 is 1.44 bits per heavy atom. The Morgan fingerprint density at radius 2 is 2.25 bits per heavy atom. The number of hydrogen-bond acceptors (Lipinski definition) is 2. The maximum atomic E-state index is 4.16. The van der Waals surface area contributed by atoms with Gasteiger partial charge in [0.15, 0.2) is 0 Å². The van der Waals surface area contributed by atoms with E-state index in [4.69, 9.17) is 0 Å². The maximum Gasteiger partial charge on any atom is 0.0534 e. The smallest absolute Gasteiger partial charge is 0.0534 e. The lowest BCUT2D eigenvalue weighted by Gasteiger charge is -2.08. The highest BCUT2D eigenvalue weighted by molar-refractivity contribution is 5.02. The average molecular weight is 221 g/mol. The zero-order valence-electron chi connectivity index (χ0n) is 10.3. The summed E-state index contributed by atoms with van der Waals surface area (Å²) in [6, 6.07) is 0. The van der Waals surface area contributed by atoms with E-state index >= 15 is 0 Å². The van der Waals surface area contributed by atoms with Crippen LogP contribution in [0.15, 0.2) is 12.4 Å². The molecule has 1 aliphatic carbocycles. The summed E-state index contributed by atoms with van der Waals surface area (Å²) in [5, 5.41) is 7.64. The largest absolute Gasteiger partial charge is 0.313 e. The van der Waals surface area contributed by atoms with Crippen LogP contribution < -0.4 is 5.32 Å². The minimum atomic E-state index is 0.957. The van der Waals surface area contributed by atoms with Gasteiger partial charge in [-0.1, -0.05) is 25.7 Å². The second-order valence-corrected chi connectivity index (χ2v) is 4.99. The van der Waals surface area contributed by atoms with E-state index in [0.717, 1.165) is 19.0 Å². The van der Waals surface area contributed by atoms with E-state index in [-0.39, 0.29) is 0 Å². The molecule has 0 spiro atoms. The van der Waals surface area contributed by atoms with Gasteiger partial charge in [-0.15, -0.1) is 0 Å². The number of aryl methyl sites for hydroxylation is 1. The third kappa shape index (κ3) is 3.63. The first-order valence-corrected chi connectivity index (χ1v) is 6.53. The predicted molar refractivity (Wildman–Crippen MR) is 66.1 cm³/mol. The van der Waals surface area contributed by atoms with E-state index in [1.807, 2.05) is 17.9 Å². The van der Waals surface area contributed by atoms with Crippen molar-refractivity contribution in [3.05, 3.63) is 18.0 Å². The first-order valence-electron chi connectivity index (χ1n) is 6.53. The summed E-state index contributed by atoms with van der Waals surface area (Å²) in [6.45, 7) is 2.10. The lowest BCUT2D eigenvalue weighted by atomic mass is 10.0. The van der Waals surface area contributed by atoms with Crippen LogP contribution in [0.4, 0.5) is 0 Å². The van der Waals surface area contributed by atoms with Crippen LogP contribution in [-0.2, 0) is 13.6 Å². The summed E-state index contributed by atoms with van der Waals surface area (Å²) >= 11 is 0. The number of rotatable bonds is 6. The van der Waals surface area contributed by atoms with Gasteiger partial charge < -0.3 is 5.32 Å². The van der Waals surface area contributed by atoms with Crippen molar-refractivity contribution >= 4 is 0 Å². The molecular formula is C13H23N3. The van der Waals surface area contributed by atoms with Crippen molar-refractivity contribution in [1.82, 2.24) is 15.1 Å². The summed E-state index contributed by atoms with van der Waals surface area (Å²) in [4.78, 5) is 0. The van der Waals surface area contributed by atoms with Crippen molar-refractivity contribution in [1.29, 1.82) is 0 Å². The quantitative estimate of drug-likeness (QED) is 0.748. The summed E-state index contributed by atoms with van der Waals surface area (Å²) in [5.41, 5.74) is 1.28. The molecule has 3 nitrogen and oxygen atoms in total. The van der Waals surface area contributed by atoms with Gasteiger partial charge in [0.2, 0.25) is 0 Å². The van der Waals surface area contributed by atoms with Gasteiger partial charge in [0.05, 0.1) is 6.20 Å². The first kappa shape index (κ1) is 11.6. The van der Waals surface area contributed by atoms with Crippen molar-refractivity contribution in [2.45, 2.75) is 45.1 Å². The van der Waals surface area contributed by atoms with Gasteiger partial charge in [-0.05, 0) is 25.3 Å². The second-order valence-electron chi connectivity index (χ2n) is 4.99. The standard InChI is InChI=1S/C13H23N3/c1-16-11-13(10-15-16)9-14-8-4-7-12-5-2-3-6-12/h10-12,14H,2-9H2,1H3. The van der Waals surface area contributed by atoms with E-state index in [2.05, 4.69) is 16.6 Å². The molecule has 16 heavy (non-hydrogen) atoms. The molecule has 0 radical (unpaired) electrons. The molecule has 0 aromatic carbocycles. The molecule has 0 unspecified atom stereocenters. The fourth-order valence-corrected chi connectivity index (χ4v) is 2.61. The Hall–Kier alpha value is -0.830.